The summed E-state index contributed by atoms with van der Waals surface area (Å²) in [7, 11) is 0. The van der Waals surface area contributed by atoms with E-state index in [0.29, 0.717) is 9.50 Å². The van der Waals surface area contributed by atoms with Crippen molar-refractivity contribution in [2.75, 3.05) is 0 Å². The number of aromatic nitrogens is 1. The Balaban J connectivity index is 3.15. The van der Waals surface area contributed by atoms with Crippen LogP contribution < -0.4 is 0 Å². The largest absolute Gasteiger partial charge is 0.759 e. The molecule has 0 fully saturated rings. The zero-order valence-corrected chi connectivity index (χ0v) is 7.55. The number of rotatable bonds is 1. The molecule has 58 valence electrons. The average Bonchev–Trinajstić information content (AvgIpc) is 1.94. The van der Waals surface area contributed by atoms with Gasteiger partial charge in [-0.05, 0) is 0 Å². The molecule has 0 aromatic carbocycles. The predicted octanol–water partition coefficient (Wildman–Crippen LogP) is 1.66. The van der Waals surface area contributed by atoms with Gasteiger partial charge in [-0.25, -0.2) is 0 Å². The summed E-state index contributed by atoms with van der Waals surface area (Å²) in [5, 5.41) is 10.5. The lowest BCUT2D eigenvalue weighted by Gasteiger charge is -2.04. The van der Waals surface area contributed by atoms with Crippen LogP contribution in [0.5, 0.6) is 0 Å². The first kappa shape index (κ1) is 8.35. The molecule has 0 spiro atoms. The molecular weight excluding hydrogens is 232 g/mol. The van der Waals surface area contributed by atoms with Crippen molar-refractivity contribution in [1.82, 2.24) is 4.98 Å². The minimum atomic E-state index is -0.521. The summed E-state index contributed by atoms with van der Waals surface area (Å²) in [4.78, 5) is 13.3. The van der Waals surface area contributed by atoms with E-state index >= 15 is 0 Å². The van der Waals surface area contributed by atoms with Gasteiger partial charge in [0.15, 0.2) is 0 Å². The fraction of sp³-hybridized carbons (Fsp3) is 0. The zero-order valence-electron chi connectivity index (χ0n) is 5.15. The number of nitrogens with zero attached hydrogens (tertiary/aromatic N) is 2. The Morgan fingerprint density at radius 1 is 1.73 bits per heavy atom. The lowest BCUT2D eigenvalue weighted by molar-refractivity contribution is -0.385. The molecule has 6 heteroatoms. The van der Waals surface area contributed by atoms with Gasteiger partial charge in [-0.15, -0.1) is 0 Å². The SMILES string of the molecule is O=[N+]([O-])c1cnc([S-])c(Br)c1. The summed E-state index contributed by atoms with van der Waals surface area (Å²) in [6.07, 6.45) is 1.13. The van der Waals surface area contributed by atoms with Crippen LogP contribution in [0.15, 0.2) is 21.8 Å². The summed E-state index contributed by atoms with van der Waals surface area (Å²) >= 11 is 7.76. The molecule has 0 amide bonds. The summed E-state index contributed by atoms with van der Waals surface area (Å²) in [6, 6.07) is 1.33. The van der Waals surface area contributed by atoms with Gasteiger partial charge in [0.2, 0.25) is 0 Å². The maximum Gasteiger partial charge on any atom is 0.288 e. The lowest BCUT2D eigenvalue weighted by Crippen LogP contribution is -1.90. The predicted molar refractivity (Wildman–Crippen MR) is 44.2 cm³/mol. The Bertz CT molecular complexity index is 305. The molecule has 1 heterocycles. The third-order valence-electron chi connectivity index (χ3n) is 1.00. The maximum atomic E-state index is 10.2. The molecule has 0 atom stereocenters. The molecule has 0 N–H and O–H groups in total. The van der Waals surface area contributed by atoms with Crippen LogP contribution in [0, 0.1) is 10.1 Å². The highest BCUT2D eigenvalue weighted by Gasteiger charge is 2.04. The molecular formula is C5H2BrN2O2S-. The molecule has 11 heavy (non-hydrogen) atoms. The van der Waals surface area contributed by atoms with E-state index < -0.39 is 4.92 Å². The second kappa shape index (κ2) is 3.10. The number of hydrogen-bond acceptors (Lipinski definition) is 4. The van der Waals surface area contributed by atoms with E-state index in [1.807, 2.05) is 0 Å². The Hall–Kier alpha value is -0.750. The number of hydrogen-bond donors (Lipinski definition) is 0. The molecule has 0 aliphatic rings. The molecule has 0 bridgehead atoms. The quantitative estimate of drug-likeness (QED) is 0.421. The third kappa shape index (κ3) is 1.84. The van der Waals surface area contributed by atoms with Crippen molar-refractivity contribution >= 4 is 34.2 Å². The molecule has 1 aromatic rings. The first-order valence-electron chi connectivity index (χ1n) is 2.58. The molecule has 0 aliphatic heterocycles. The van der Waals surface area contributed by atoms with Gasteiger partial charge >= 0.3 is 0 Å². The van der Waals surface area contributed by atoms with Crippen molar-refractivity contribution in [3.8, 4) is 0 Å². The minimum absolute atomic E-state index is 0.0644. The van der Waals surface area contributed by atoms with Crippen molar-refractivity contribution in [2.45, 2.75) is 5.03 Å². The van der Waals surface area contributed by atoms with Gasteiger partial charge in [-0.2, -0.15) is 0 Å². The first-order chi connectivity index (χ1) is 5.11. The summed E-state index contributed by atoms with van der Waals surface area (Å²) < 4.78 is 0.474. The molecule has 0 radical (unpaired) electrons. The highest BCUT2D eigenvalue weighted by Crippen LogP contribution is 2.19. The van der Waals surface area contributed by atoms with Crippen LogP contribution in [-0.4, -0.2) is 9.91 Å². The second-order valence-electron chi connectivity index (χ2n) is 1.74. The highest BCUT2D eigenvalue weighted by atomic mass is 79.9. The van der Waals surface area contributed by atoms with E-state index in [1.165, 1.54) is 6.07 Å². The van der Waals surface area contributed by atoms with Gasteiger partial charge in [-0.3, -0.25) is 15.1 Å². The van der Waals surface area contributed by atoms with Gasteiger partial charge in [0, 0.05) is 10.5 Å². The van der Waals surface area contributed by atoms with Gasteiger partial charge in [-0.1, -0.05) is 21.0 Å². The number of nitro groups is 1. The normalized spacial score (nSPS) is 9.55. The Labute approximate surface area is 76.3 Å². The van der Waals surface area contributed by atoms with E-state index in [4.69, 9.17) is 12.6 Å². The molecule has 4 nitrogen and oxygen atoms in total. The van der Waals surface area contributed by atoms with Gasteiger partial charge < -0.3 is 12.6 Å². The fourth-order valence-electron chi connectivity index (χ4n) is 0.515. The molecule has 0 aliphatic carbocycles. The van der Waals surface area contributed by atoms with Crippen LogP contribution in [0.2, 0.25) is 0 Å². The molecule has 1 aromatic heterocycles. The zero-order chi connectivity index (χ0) is 8.43. The smallest absolute Gasteiger partial charge is 0.288 e. The Morgan fingerprint density at radius 3 is 2.82 bits per heavy atom. The molecule has 0 saturated heterocycles. The average molecular weight is 234 g/mol. The van der Waals surface area contributed by atoms with Crippen molar-refractivity contribution in [3.05, 3.63) is 26.9 Å². The molecule has 1 rings (SSSR count). The molecule has 0 saturated carbocycles. The summed E-state index contributed by atoms with van der Waals surface area (Å²) in [5.41, 5.74) is -0.0644. The van der Waals surface area contributed by atoms with Gasteiger partial charge in [0.25, 0.3) is 5.69 Å². The molecule has 0 unspecified atom stereocenters. The van der Waals surface area contributed by atoms with Crippen LogP contribution in [0.25, 0.3) is 0 Å². The summed E-state index contributed by atoms with van der Waals surface area (Å²) in [5.74, 6) is 0. The Morgan fingerprint density at radius 2 is 2.36 bits per heavy atom. The lowest BCUT2D eigenvalue weighted by atomic mass is 10.4. The number of halogens is 1. The van der Waals surface area contributed by atoms with Gasteiger partial charge in [0.05, 0.1) is 4.92 Å². The summed E-state index contributed by atoms with van der Waals surface area (Å²) in [6.45, 7) is 0. The van der Waals surface area contributed by atoms with Gasteiger partial charge in [0.1, 0.15) is 6.20 Å². The van der Waals surface area contributed by atoms with Crippen LogP contribution in [0.1, 0.15) is 0 Å². The van der Waals surface area contributed by atoms with Crippen LogP contribution in [0.3, 0.4) is 0 Å². The van der Waals surface area contributed by atoms with Crippen molar-refractivity contribution in [3.63, 3.8) is 0 Å². The van der Waals surface area contributed by atoms with Crippen molar-refractivity contribution < 1.29 is 4.92 Å². The highest BCUT2D eigenvalue weighted by molar-refractivity contribution is 9.10. The van der Waals surface area contributed by atoms with Crippen molar-refractivity contribution in [2.24, 2.45) is 0 Å². The van der Waals surface area contributed by atoms with E-state index in [-0.39, 0.29) is 5.69 Å². The minimum Gasteiger partial charge on any atom is -0.759 e. The topological polar surface area (TPSA) is 56.0 Å². The van der Waals surface area contributed by atoms with Crippen molar-refractivity contribution in [1.29, 1.82) is 0 Å². The van der Waals surface area contributed by atoms with E-state index in [0.717, 1.165) is 6.20 Å². The maximum absolute atomic E-state index is 10.2. The van der Waals surface area contributed by atoms with E-state index in [9.17, 15) is 10.1 Å². The monoisotopic (exact) mass is 233 g/mol. The second-order valence-corrected chi connectivity index (χ2v) is 2.98. The third-order valence-corrected chi connectivity index (χ3v) is 2.20. The van der Waals surface area contributed by atoms with Crippen LogP contribution in [0.4, 0.5) is 5.69 Å². The van der Waals surface area contributed by atoms with E-state index in [2.05, 4.69) is 20.9 Å². The van der Waals surface area contributed by atoms with Crippen LogP contribution in [-0.2, 0) is 12.6 Å². The Kier molecular flexibility index (Phi) is 2.35. The van der Waals surface area contributed by atoms with E-state index in [1.54, 1.807) is 0 Å². The number of pyridine rings is 1. The standard InChI is InChI=1S/C5H3BrN2O2S/c6-4-1-3(8(9)10)2-7-5(4)11/h1-2H,(H,7,11)/p-1. The fourth-order valence-corrected chi connectivity index (χ4v) is 0.964. The first-order valence-corrected chi connectivity index (χ1v) is 3.78. The van der Waals surface area contributed by atoms with Crippen LogP contribution >= 0.6 is 15.9 Å².